The molecule has 6 nitrogen and oxygen atoms in total. The summed E-state index contributed by atoms with van der Waals surface area (Å²) in [6.07, 6.45) is 1.07. The summed E-state index contributed by atoms with van der Waals surface area (Å²) in [4.78, 5) is 28.4. The lowest BCUT2D eigenvalue weighted by Gasteiger charge is -2.31. The second-order valence-electron chi connectivity index (χ2n) is 8.74. The van der Waals surface area contributed by atoms with Gasteiger partial charge >= 0.3 is 0 Å². The standard InChI is InChI=1S/C30H34Cl2N2O4/c1-4-37-27-15-12-22(19-28(27)38-5-2)13-16-29(35)34(20-23-11-14-24(31)25(32)17-23)26(30(36)33-3)18-21-9-7-6-8-10-21/h6-12,14-15,17,19,26H,4-5,13,16,18,20H2,1-3H3,(H,33,36). The fourth-order valence-electron chi connectivity index (χ4n) is 4.20. The number of nitrogens with zero attached hydrogens (tertiary/aromatic N) is 1. The Balaban J connectivity index is 1.88. The third-order valence-corrected chi connectivity index (χ3v) is 6.83. The number of amides is 2. The Morgan fingerprint density at radius 1 is 0.842 bits per heavy atom. The van der Waals surface area contributed by atoms with Crippen molar-refractivity contribution in [2.45, 2.75) is 45.7 Å². The topological polar surface area (TPSA) is 67.9 Å². The Labute approximate surface area is 234 Å². The highest BCUT2D eigenvalue weighted by Gasteiger charge is 2.29. The summed E-state index contributed by atoms with van der Waals surface area (Å²) in [5.41, 5.74) is 2.69. The van der Waals surface area contributed by atoms with Gasteiger partial charge in [0.05, 0.1) is 23.3 Å². The minimum Gasteiger partial charge on any atom is -0.490 e. The minimum absolute atomic E-state index is 0.146. The van der Waals surface area contributed by atoms with Crippen LogP contribution in [0.4, 0.5) is 0 Å². The van der Waals surface area contributed by atoms with Crippen LogP contribution in [0.2, 0.25) is 10.0 Å². The molecular weight excluding hydrogens is 523 g/mol. The Kier molecular flexibility index (Phi) is 11.3. The zero-order valence-electron chi connectivity index (χ0n) is 22.0. The van der Waals surface area contributed by atoms with Gasteiger partial charge < -0.3 is 19.7 Å². The number of ether oxygens (including phenoxy) is 2. The molecule has 0 aromatic heterocycles. The van der Waals surface area contributed by atoms with Crippen LogP contribution in [0.1, 0.15) is 37.0 Å². The lowest BCUT2D eigenvalue weighted by Crippen LogP contribution is -2.49. The second kappa shape index (κ2) is 14.6. The van der Waals surface area contributed by atoms with E-state index in [-0.39, 0.29) is 24.8 Å². The van der Waals surface area contributed by atoms with Crippen LogP contribution >= 0.6 is 23.2 Å². The van der Waals surface area contributed by atoms with Crippen LogP contribution in [0, 0.1) is 0 Å². The van der Waals surface area contributed by atoms with E-state index in [1.165, 1.54) is 0 Å². The van der Waals surface area contributed by atoms with Crippen molar-refractivity contribution in [2.24, 2.45) is 0 Å². The van der Waals surface area contributed by atoms with E-state index in [1.807, 2.05) is 68.4 Å². The summed E-state index contributed by atoms with van der Waals surface area (Å²) in [5, 5.41) is 3.56. The molecular formula is C30H34Cl2N2O4. The van der Waals surface area contributed by atoms with Crippen LogP contribution in [0.25, 0.3) is 0 Å². The molecule has 2 amide bonds. The van der Waals surface area contributed by atoms with Gasteiger partial charge in [-0.05, 0) is 61.2 Å². The maximum atomic E-state index is 13.7. The molecule has 3 aromatic carbocycles. The van der Waals surface area contributed by atoms with E-state index in [4.69, 9.17) is 32.7 Å². The first-order chi connectivity index (χ1) is 18.4. The van der Waals surface area contributed by atoms with Gasteiger partial charge in [0.15, 0.2) is 11.5 Å². The van der Waals surface area contributed by atoms with Crippen LogP contribution in [0.15, 0.2) is 66.7 Å². The number of rotatable bonds is 13. The second-order valence-corrected chi connectivity index (χ2v) is 9.55. The van der Waals surface area contributed by atoms with E-state index in [0.717, 1.165) is 16.7 Å². The zero-order valence-corrected chi connectivity index (χ0v) is 23.5. The maximum Gasteiger partial charge on any atom is 0.242 e. The van der Waals surface area contributed by atoms with Gasteiger partial charge in [-0.2, -0.15) is 0 Å². The number of likely N-dealkylation sites (N-methyl/N-ethyl adjacent to an activating group) is 1. The molecule has 3 rings (SSSR count). The van der Waals surface area contributed by atoms with Gasteiger partial charge in [0.2, 0.25) is 11.8 Å². The molecule has 0 aliphatic carbocycles. The maximum absolute atomic E-state index is 13.7. The lowest BCUT2D eigenvalue weighted by molar-refractivity contribution is -0.141. The van der Waals surface area contributed by atoms with Gasteiger partial charge in [-0.3, -0.25) is 9.59 Å². The van der Waals surface area contributed by atoms with Crippen LogP contribution in [-0.4, -0.2) is 43.0 Å². The van der Waals surface area contributed by atoms with Gasteiger partial charge in [0, 0.05) is 26.4 Å². The molecule has 0 radical (unpaired) electrons. The number of carbonyl (C=O) groups excluding carboxylic acids is 2. The molecule has 1 unspecified atom stereocenters. The number of aryl methyl sites for hydroxylation is 1. The van der Waals surface area contributed by atoms with E-state index in [2.05, 4.69) is 5.32 Å². The van der Waals surface area contributed by atoms with E-state index in [9.17, 15) is 9.59 Å². The van der Waals surface area contributed by atoms with Gasteiger partial charge in [-0.1, -0.05) is 65.7 Å². The smallest absolute Gasteiger partial charge is 0.242 e. The molecule has 1 atom stereocenters. The zero-order chi connectivity index (χ0) is 27.5. The van der Waals surface area contributed by atoms with Gasteiger partial charge in [-0.15, -0.1) is 0 Å². The lowest BCUT2D eigenvalue weighted by atomic mass is 10.0. The SMILES string of the molecule is CCOc1ccc(CCC(=O)N(Cc2ccc(Cl)c(Cl)c2)C(Cc2ccccc2)C(=O)NC)cc1OCC. The average Bonchev–Trinajstić information content (AvgIpc) is 2.93. The predicted molar refractivity (Wildman–Crippen MR) is 152 cm³/mol. The summed E-state index contributed by atoms with van der Waals surface area (Å²) in [6, 6.07) is 19.9. The van der Waals surface area contributed by atoms with Crippen LogP contribution in [0.3, 0.4) is 0 Å². The number of halogens is 2. The van der Waals surface area contributed by atoms with E-state index in [1.54, 1.807) is 24.1 Å². The summed E-state index contributed by atoms with van der Waals surface area (Å²) >= 11 is 12.4. The molecule has 0 bridgehead atoms. The van der Waals surface area contributed by atoms with Crippen molar-refractivity contribution in [3.8, 4) is 11.5 Å². The van der Waals surface area contributed by atoms with Crippen LogP contribution < -0.4 is 14.8 Å². The molecule has 1 N–H and O–H groups in total. The quantitative estimate of drug-likeness (QED) is 0.276. The largest absolute Gasteiger partial charge is 0.490 e. The average molecular weight is 558 g/mol. The molecule has 3 aromatic rings. The molecule has 0 heterocycles. The Morgan fingerprint density at radius 2 is 1.53 bits per heavy atom. The molecule has 8 heteroatoms. The van der Waals surface area contributed by atoms with Gasteiger partial charge in [0.1, 0.15) is 6.04 Å². The fraction of sp³-hybridized carbons (Fsp3) is 0.333. The van der Waals surface area contributed by atoms with Crippen molar-refractivity contribution in [1.29, 1.82) is 0 Å². The van der Waals surface area contributed by atoms with Crippen molar-refractivity contribution in [3.63, 3.8) is 0 Å². The highest BCUT2D eigenvalue weighted by molar-refractivity contribution is 6.42. The molecule has 0 saturated heterocycles. The summed E-state index contributed by atoms with van der Waals surface area (Å²) in [5.74, 6) is 0.946. The number of carbonyl (C=O) groups is 2. The first-order valence-corrected chi connectivity index (χ1v) is 13.5. The van der Waals surface area contributed by atoms with E-state index < -0.39 is 6.04 Å². The third kappa shape index (κ3) is 8.14. The number of benzene rings is 3. The van der Waals surface area contributed by atoms with Crippen LogP contribution in [-0.2, 0) is 29.0 Å². The van der Waals surface area contributed by atoms with E-state index in [0.29, 0.717) is 47.6 Å². The van der Waals surface area contributed by atoms with Crippen molar-refractivity contribution < 1.29 is 19.1 Å². The first kappa shape index (κ1) is 29.3. The number of hydrogen-bond acceptors (Lipinski definition) is 4. The van der Waals surface area contributed by atoms with Crippen molar-refractivity contribution in [3.05, 3.63) is 93.5 Å². The van der Waals surface area contributed by atoms with Crippen molar-refractivity contribution in [2.75, 3.05) is 20.3 Å². The van der Waals surface area contributed by atoms with Gasteiger partial charge in [0.25, 0.3) is 0 Å². The highest BCUT2D eigenvalue weighted by atomic mass is 35.5. The normalized spacial score (nSPS) is 11.5. The molecule has 38 heavy (non-hydrogen) atoms. The summed E-state index contributed by atoms with van der Waals surface area (Å²) < 4.78 is 11.4. The first-order valence-electron chi connectivity index (χ1n) is 12.7. The van der Waals surface area contributed by atoms with E-state index >= 15 is 0 Å². The predicted octanol–water partition coefficient (Wildman–Crippen LogP) is 6.11. The summed E-state index contributed by atoms with van der Waals surface area (Å²) in [6.45, 7) is 5.09. The fourth-order valence-corrected chi connectivity index (χ4v) is 4.52. The molecule has 0 aliphatic rings. The molecule has 0 fully saturated rings. The minimum atomic E-state index is -0.705. The van der Waals surface area contributed by atoms with Crippen molar-refractivity contribution in [1.82, 2.24) is 10.2 Å². The Bertz CT molecular complexity index is 1220. The third-order valence-electron chi connectivity index (χ3n) is 6.09. The van der Waals surface area contributed by atoms with Crippen LogP contribution in [0.5, 0.6) is 11.5 Å². The highest BCUT2D eigenvalue weighted by Crippen LogP contribution is 2.29. The molecule has 0 saturated carbocycles. The Morgan fingerprint density at radius 3 is 2.18 bits per heavy atom. The summed E-state index contributed by atoms with van der Waals surface area (Å²) in [7, 11) is 1.58. The Hall–Kier alpha value is -3.22. The number of hydrogen-bond donors (Lipinski definition) is 1. The monoisotopic (exact) mass is 556 g/mol. The van der Waals surface area contributed by atoms with Crippen molar-refractivity contribution >= 4 is 35.0 Å². The van der Waals surface area contributed by atoms with Gasteiger partial charge in [-0.25, -0.2) is 0 Å². The molecule has 202 valence electrons. The molecule has 0 aliphatic heterocycles. The number of nitrogens with one attached hydrogen (secondary N) is 1. The molecule has 0 spiro atoms.